The summed E-state index contributed by atoms with van der Waals surface area (Å²) >= 11 is 0. The molecule has 3 aromatic rings. The molecule has 0 saturated heterocycles. The molecule has 0 amide bonds. The first-order valence-electron chi connectivity index (χ1n) is 5.68. The number of nitrogens with zero attached hydrogens (tertiary/aromatic N) is 4. The molecule has 5 heteroatoms. The van der Waals surface area contributed by atoms with Crippen molar-refractivity contribution < 1.29 is 0 Å². The molecule has 0 bridgehead atoms. The van der Waals surface area contributed by atoms with Gasteiger partial charge in [-0.05, 0) is 12.1 Å². The molecule has 0 atom stereocenters. The van der Waals surface area contributed by atoms with E-state index in [1.165, 1.54) is 6.20 Å². The van der Waals surface area contributed by atoms with Crippen LogP contribution in [0.3, 0.4) is 0 Å². The second-order valence-corrected chi connectivity index (χ2v) is 4.12. The molecule has 0 N–H and O–H groups in total. The van der Waals surface area contributed by atoms with Crippen molar-refractivity contribution in [2.24, 2.45) is 7.05 Å². The third-order valence-electron chi connectivity index (χ3n) is 2.94. The minimum atomic E-state index is -0.257. The van der Waals surface area contributed by atoms with Crippen LogP contribution in [0.1, 0.15) is 5.69 Å². The van der Waals surface area contributed by atoms with Crippen LogP contribution in [0.4, 0.5) is 0 Å². The first-order valence-corrected chi connectivity index (χ1v) is 5.68. The van der Waals surface area contributed by atoms with Crippen LogP contribution in [0, 0.1) is 0 Å². The summed E-state index contributed by atoms with van der Waals surface area (Å²) in [4.78, 5) is 15.3. The molecule has 0 aliphatic heterocycles. The molecule has 1 aromatic carbocycles. The normalized spacial score (nSPS) is 10.9. The molecule has 18 heavy (non-hydrogen) atoms. The van der Waals surface area contributed by atoms with E-state index in [0.717, 1.165) is 16.6 Å². The van der Waals surface area contributed by atoms with E-state index in [2.05, 4.69) is 10.1 Å². The van der Waals surface area contributed by atoms with E-state index in [1.807, 2.05) is 36.0 Å². The lowest BCUT2D eigenvalue weighted by molar-refractivity contribution is 0.684. The fourth-order valence-corrected chi connectivity index (χ4v) is 2.07. The lowest BCUT2D eigenvalue weighted by atomic mass is 10.2. The number of hydrogen-bond acceptors (Lipinski definition) is 3. The molecule has 0 spiro atoms. The van der Waals surface area contributed by atoms with Crippen LogP contribution < -0.4 is 5.69 Å². The van der Waals surface area contributed by atoms with Gasteiger partial charge < -0.3 is 0 Å². The number of aryl methyl sites for hydroxylation is 1. The molecule has 0 fully saturated rings. The van der Waals surface area contributed by atoms with Gasteiger partial charge in [-0.1, -0.05) is 18.2 Å². The third-order valence-corrected chi connectivity index (χ3v) is 2.94. The second kappa shape index (κ2) is 4.10. The molecule has 2 heterocycles. The molecule has 0 unspecified atom stereocenters. The molecular formula is C13H12N4O. The zero-order valence-corrected chi connectivity index (χ0v) is 9.95. The maximum absolute atomic E-state index is 11.6. The molecule has 0 radical (unpaired) electrons. The van der Waals surface area contributed by atoms with Gasteiger partial charge in [-0.3, -0.25) is 9.25 Å². The SMILES string of the molecule is Cn1nc(Cn2cccnc2=O)c2ccccc21. The van der Waals surface area contributed by atoms with Crippen molar-refractivity contribution in [3.63, 3.8) is 0 Å². The monoisotopic (exact) mass is 240 g/mol. The fraction of sp³-hybridized carbons (Fsp3) is 0.154. The predicted octanol–water partition coefficient (Wildman–Crippen LogP) is 1.18. The van der Waals surface area contributed by atoms with Crippen LogP contribution in [0.5, 0.6) is 0 Å². The summed E-state index contributed by atoms with van der Waals surface area (Å²) in [6.07, 6.45) is 3.22. The smallest absolute Gasteiger partial charge is 0.293 e. The average Bonchev–Trinajstić information content (AvgIpc) is 2.70. The van der Waals surface area contributed by atoms with E-state index in [-0.39, 0.29) is 5.69 Å². The third kappa shape index (κ3) is 1.69. The Bertz CT molecular complexity index is 757. The minimum absolute atomic E-state index is 0.257. The van der Waals surface area contributed by atoms with Gasteiger partial charge in [-0.25, -0.2) is 9.78 Å². The van der Waals surface area contributed by atoms with Gasteiger partial charge in [0.25, 0.3) is 0 Å². The van der Waals surface area contributed by atoms with Crippen molar-refractivity contribution >= 4 is 10.9 Å². The maximum Gasteiger partial charge on any atom is 0.347 e. The summed E-state index contributed by atoms with van der Waals surface area (Å²) in [5, 5.41) is 5.52. The number of aromatic nitrogens is 4. The van der Waals surface area contributed by atoms with Gasteiger partial charge >= 0.3 is 5.69 Å². The average molecular weight is 240 g/mol. The zero-order chi connectivity index (χ0) is 12.5. The van der Waals surface area contributed by atoms with Crippen molar-refractivity contribution in [1.29, 1.82) is 0 Å². The highest BCUT2D eigenvalue weighted by atomic mass is 16.1. The summed E-state index contributed by atoms with van der Waals surface area (Å²) < 4.78 is 3.38. The van der Waals surface area contributed by atoms with E-state index in [0.29, 0.717) is 6.54 Å². The lowest BCUT2D eigenvalue weighted by Gasteiger charge is -2.01. The van der Waals surface area contributed by atoms with E-state index in [1.54, 1.807) is 16.8 Å². The van der Waals surface area contributed by atoms with Crippen molar-refractivity contribution in [3.8, 4) is 0 Å². The van der Waals surface area contributed by atoms with Crippen LogP contribution in [-0.4, -0.2) is 19.3 Å². The largest absolute Gasteiger partial charge is 0.347 e. The molecule has 0 saturated carbocycles. The second-order valence-electron chi connectivity index (χ2n) is 4.12. The topological polar surface area (TPSA) is 52.7 Å². The molecule has 90 valence electrons. The minimum Gasteiger partial charge on any atom is -0.293 e. The summed E-state index contributed by atoms with van der Waals surface area (Å²) in [5.41, 5.74) is 1.68. The Morgan fingerprint density at radius 3 is 2.89 bits per heavy atom. The zero-order valence-electron chi connectivity index (χ0n) is 9.95. The van der Waals surface area contributed by atoms with Gasteiger partial charge in [0.1, 0.15) is 0 Å². The van der Waals surface area contributed by atoms with E-state index in [4.69, 9.17) is 0 Å². The van der Waals surface area contributed by atoms with Crippen molar-refractivity contribution in [2.45, 2.75) is 6.54 Å². The van der Waals surface area contributed by atoms with Crippen LogP contribution in [0.25, 0.3) is 10.9 Å². The van der Waals surface area contributed by atoms with Gasteiger partial charge in [-0.2, -0.15) is 5.10 Å². The quantitative estimate of drug-likeness (QED) is 0.676. The van der Waals surface area contributed by atoms with Crippen molar-refractivity contribution in [3.05, 3.63) is 58.9 Å². The van der Waals surface area contributed by atoms with Crippen molar-refractivity contribution in [2.75, 3.05) is 0 Å². The number of hydrogen-bond donors (Lipinski definition) is 0. The summed E-state index contributed by atoms with van der Waals surface area (Å²) in [6, 6.07) is 9.72. The van der Waals surface area contributed by atoms with E-state index in [9.17, 15) is 4.79 Å². The Morgan fingerprint density at radius 1 is 1.22 bits per heavy atom. The molecule has 2 aromatic heterocycles. The molecular weight excluding hydrogens is 228 g/mol. The van der Waals surface area contributed by atoms with Gasteiger partial charge in [0.2, 0.25) is 0 Å². The molecule has 0 aliphatic carbocycles. The van der Waals surface area contributed by atoms with Gasteiger partial charge in [-0.15, -0.1) is 0 Å². The van der Waals surface area contributed by atoms with Crippen LogP contribution >= 0.6 is 0 Å². The lowest BCUT2D eigenvalue weighted by Crippen LogP contribution is -2.22. The Kier molecular flexibility index (Phi) is 2.44. The fourth-order valence-electron chi connectivity index (χ4n) is 2.07. The highest BCUT2D eigenvalue weighted by Gasteiger charge is 2.08. The predicted molar refractivity (Wildman–Crippen MR) is 68.3 cm³/mol. The number of benzene rings is 1. The number of fused-ring (bicyclic) bond motifs is 1. The van der Waals surface area contributed by atoms with Crippen LogP contribution in [-0.2, 0) is 13.6 Å². The van der Waals surface area contributed by atoms with E-state index >= 15 is 0 Å². The first-order chi connectivity index (χ1) is 8.75. The van der Waals surface area contributed by atoms with E-state index < -0.39 is 0 Å². The molecule has 5 nitrogen and oxygen atoms in total. The highest BCUT2D eigenvalue weighted by molar-refractivity contribution is 5.81. The van der Waals surface area contributed by atoms with Crippen LogP contribution in [0.2, 0.25) is 0 Å². The summed E-state index contributed by atoms with van der Waals surface area (Å²) in [7, 11) is 1.90. The van der Waals surface area contributed by atoms with Crippen LogP contribution in [0.15, 0.2) is 47.5 Å². The molecule has 3 rings (SSSR count). The Balaban J connectivity index is 2.11. The first kappa shape index (κ1) is 10.7. The standard InChI is InChI=1S/C13H12N4O/c1-16-12-6-3-2-5-10(12)11(15-16)9-17-8-4-7-14-13(17)18/h2-8H,9H2,1H3. The molecule has 0 aliphatic rings. The summed E-state index contributed by atoms with van der Waals surface area (Å²) in [6.45, 7) is 0.439. The Labute approximate surface area is 103 Å². The maximum atomic E-state index is 11.6. The number of rotatable bonds is 2. The van der Waals surface area contributed by atoms with Gasteiger partial charge in [0, 0.05) is 24.8 Å². The Hall–Kier alpha value is -2.43. The van der Waals surface area contributed by atoms with Crippen molar-refractivity contribution in [1.82, 2.24) is 19.3 Å². The van der Waals surface area contributed by atoms with Gasteiger partial charge in [0.15, 0.2) is 0 Å². The summed E-state index contributed by atoms with van der Waals surface area (Å²) in [5.74, 6) is 0. The Morgan fingerprint density at radius 2 is 2.06 bits per heavy atom. The van der Waals surface area contributed by atoms with Gasteiger partial charge in [0.05, 0.1) is 17.8 Å². The number of para-hydroxylation sites is 1. The highest BCUT2D eigenvalue weighted by Crippen LogP contribution is 2.17.